The fraction of sp³-hybridized carbons (Fsp3) is 0.231. The summed E-state index contributed by atoms with van der Waals surface area (Å²) in [6.45, 7) is 4.10. The first-order valence-electron chi connectivity index (χ1n) is 5.58. The summed E-state index contributed by atoms with van der Waals surface area (Å²) in [5.41, 5.74) is 8.29. The molecule has 1 heterocycles. The van der Waals surface area contributed by atoms with Crippen LogP contribution in [0.1, 0.15) is 16.8 Å². The van der Waals surface area contributed by atoms with Crippen molar-refractivity contribution in [1.82, 2.24) is 10.2 Å². The number of hydrogen-bond acceptors (Lipinski definition) is 4. The molecule has 0 unspecified atom stereocenters. The van der Waals surface area contributed by atoms with Gasteiger partial charge in [-0.05, 0) is 43.7 Å². The standard InChI is InChI=1S/C13H14FN3O/c1-8-9(2)16-17-13(12(8)7-15)18-11-5-3-10(14)4-6-11/h3-6H,7,15H2,1-2H3. The lowest BCUT2D eigenvalue weighted by molar-refractivity contribution is 0.445. The van der Waals surface area contributed by atoms with Crippen molar-refractivity contribution in [3.8, 4) is 11.6 Å². The molecule has 0 saturated heterocycles. The van der Waals surface area contributed by atoms with Crippen LogP contribution in [0.3, 0.4) is 0 Å². The van der Waals surface area contributed by atoms with E-state index in [9.17, 15) is 4.39 Å². The van der Waals surface area contributed by atoms with Crippen LogP contribution < -0.4 is 10.5 Å². The lowest BCUT2D eigenvalue weighted by Gasteiger charge is -2.11. The smallest absolute Gasteiger partial charge is 0.243 e. The van der Waals surface area contributed by atoms with Crippen molar-refractivity contribution in [1.29, 1.82) is 0 Å². The second-order valence-electron chi connectivity index (χ2n) is 3.95. The molecule has 1 aromatic carbocycles. The quantitative estimate of drug-likeness (QED) is 0.905. The molecule has 2 rings (SSSR count). The van der Waals surface area contributed by atoms with Gasteiger partial charge in [-0.1, -0.05) is 0 Å². The van der Waals surface area contributed by atoms with Gasteiger partial charge in [0.1, 0.15) is 11.6 Å². The first-order valence-corrected chi connectivity index (χ1v) is 5.58. The molecule has 0 radical (unpaired) electrons. The van der Waals surface area contributed by atoms with Crippen molar-refractivity contribution in [2.24, 2.45) is 5.73 Å². The van der Waals surface area contributed by atoms with Crippen molar-refractivity contribution in [3.05, 3.63) is 46.9 Å². The Kier molecular flexibility index (Phi) is 3.53. The molecule has 0 bridgehead atoms. The maximum atomic E-state index is 12.8. The van der Waals surface area contributed by atoms with Crippen LogP contribution in [-0.4, -0.2) is 10.2 Å². The van der Waals surface area contributed by atoms with Crippen LogP contribution in [0.15, 0.2) is 24.3 Å². The first-order chi connectivity index (χ1) is 8.61. The number of halogens is 1. The normalized spacial score (nSPS) is 10.4. The van der Waals surface area contributed by atoms with E-state index >= 15 is 0 Å². The van der Waals surface area contributed by atoms with Gasteiger partial charge in [0.15, 0.2) is 0 Å². The molecule has 18 heavy (non-hydrogen) atoms. The second-order valence-corrected chi connectivity index (χ2v) is 3.95. The Balaban J connectivity index is 2.34. The summed E-state index contributed by atoms with van der Waals surface area (Å²) < 4.78 is 18.4. The van der Waals surface area contributed by atoms with Crippen molar-refractivity contribution < 1.29 is 9.13 Å². The van der Waals surface area contributed by atoms with Crippen LogP contribution in [0.2, 0.25) is 0 Å². The molecule has 5 heteroatoms. The fourth-order valence-corrected chi connectivity index (χ4v) is 1.57. The van der Waals surface area contributed by atoms with Gasteiger partial charge in [-0.3, -0.25) is 0 Å². The molecule has 0 aliphatic carbocycles. The van der Waals surface area contributed by atoms with E-state index < -0.39 is 0 Å². The Morgan fingerprint density at radius 3 is 2.44 bits per heavy atom. The predicted molar refractivity (Wildman–Crippen MR) is 65.9 cm³/mol. The van der Waals surface area contributed by atoms with Crippen LogP contribution >= 0.6 is 0 Å². The van der Waals surface area contributed by atoms with E-state index in [-0.39, 0.29) is 5.82 Å². The van der Waals surface area contributed by atoms with E-state index in [2.05, 4.69) is 10.2 Å². The van der Waals surface area contributed by atoms with Crippen LogP contribution in [0.5, 0.6) is 11.6 Å². The van der Waals surface area contributed by atoms with Gasteiger partial charge in [0.2, 0.25) is 5.88 Å². The van der Waals surface area contributed by atoms with E-state index in [4.69, 9.17) is 10.5 Å². The van der Waals surface area contributed by atoms with Crippen LogP contribution in [-0.2, 0) is 6.54 Å². The molecule has 2 N–H and O–H groups in total. The zero-order valence-electron chi connectivity index (χ0n) is 10.3. The molecule has 1 aromatic heterocycles. The zero-order valence-corrected chi connectivity index (χ0v) is 10.3. The average Bonchev–Trinajstić information content (AvgIpc) is 2.37. The van der Waals surface area contributed by atoms with E-state index in [1.807, 2.05) is 13.8 Å². The molecule has 0 fully saturated rings. The molecule has 0 aliphatic heterocycles. The lowest BCUT2D eigenvalue weighted by atomic mass is 10.1. The molecule has 0 saturated carbocycles. The number of hydrogen-bond donors (Lipinski definition) is 1. The lowest BCUT2D eigenvalue weighted by Crippen LogP contribution is -2.07. The van der Waals surface area contributed by atoms with E-state index in [1.165, 1.54) is 24.3 Å². The topological polar surface area (TPSA) is 61.0 Å². The summed E-state index contributed by atoms with van der Waals surface area (Å²) >= 11 is 0. The second kappa shape index (κ2) is 5.10. The summed E-state index contributed by atoms with van der Waals surface area (Å²) in [7, 11) is 0. The number of benzene rings is 1. The number of nitrogens with zero attached hydrogens (tertiary/aromatic N) is 2. The molecule has 0 spiro atoms. The Morgan fingerprint density at radius 1 is 1.17 bits per heavy atom. The molecule has 4 nitrogen and oxygen atoms in total. The third-order valence-corrected chi connectivity index (χ3v) is 2.78. The third kappa shape index (κ3) is 2.46. The average molecular weight is 247 g/mol. The highest BCUT2D eigenvalue weighted by molar-refractivity contribution is 5.38. The fourth-order valence-electron chi connectivity index (χ4n) is 1.57. The Hall–Kier alpha value is -2.01. The van der Waals surface area contributed by atoms with Gasteiger partial charge in [0.05, 0.1) is 5.69 Å². The van der Waals surface area contributed by atoms with E-state index in [1.54, 1.807) is 0 Å². The summed E-state index contributed by atoms with van der Waals surface area (Å²) in [6.07, 6.45) is 0. The summed E-state index contributed by atoms with van der Waals surface area (Å²) in [5, 5.41) is 7.98. The molecular weight excluding hydrogens is 233 g/mol. The molecular formula is C13H14FN3O. The number of aryl methyl sites for hydroxylation is 1. The maximum Gasteiger partial charge on any atom is 0.243 e. The minimum absolute atomic E-state index is 0.312. The monoisotopic (exact) mass is 247 g/mol. The van der Waals surface area contributed by atoms with Gasteiger partial charge >= 0.3 is 0 Å². The Morgan fingerprint density at radius 2 is 1.83 bits per heavy atom. The van der Waals surface area contributed by atoms with Gasteiger partial charge < -0.3 is 10.5 Å². The van der Waals surface area contributed by atoms with Gasteiger partial charge in [-0.2, -0.15) is 5.10 Å². The van der Waals surface area contributed by atoms with Crippen molar-refractivity contribution in [2.75, 3.05) is 0 Å². The summed E-state index contributed by atoms with van der Waals surface area (Å²) in [6, 6.07) is 5.72. The van der Waals surface area contributed by atoms with E-state index in [0.717, 1.165) is 16.8 Å². The maximum absolute atomic E-state index is 12.8. The molecule has 0 atom stereocenters. The summed E-state index contributed by atoms with van der Waals surface area (Å²) in [5.74, 6) is 0.559. The minimum atomic E-state index is -0.312. The molecule has 2 aromatic rings. The van der Waals surface area contributed by atoms with Crippen molar-refractivity contribution in [3.63, 3.8) is 0 Å². The molecule has 94 valence electrons. The minimum Gasteiger partial charge on any atom is -0.437 e. The third-order valence-electron chi connectivity index (χ3n) is 2.78. The Bertz CT molecular complexity index is 555. The van der Waals surface area contributed by atoms with Crippen molar-refractivity contribution >= 4 is 0 Å². The number of aromatic nitrogens is 2. The van der Waals surface area contributed by atoms with Crippen LogP contribution in [0.25, 0.3) is 0 Å². The largest absolute Gasteiger partial charge is 0.437 e. The SMILES string of the molecule is Cc1nnc(Oc2ccc(F)cc2)c(CN)c1C. The first kappa shape index (κ1) is 12.4. The van der Waals surface area contributed by atoms with Gasteiger partial charge in [0, 0.05) is 12.1 Å². The van der Waals surface area contributed by atoms with Crippen LogP contribution in [0.4, 0.5) is 4.39 Å². The highest BCUT2D eigenvalue weighted by Gasteiger charge is 2.11. The van der Waals surface area contributed by atoms with Gasteiger partial charge in [-0.25, -0.2) is 4.39 Å². The molecule has 0 amide bonds. The number of nitrogens with two attached hydrogens (primary N) is 1. The number of rotatable bonds is 3. The number of ether oxygens (including phenoxy) is 1. The predicted octanol–water partition coefficient (Wildman–Crippen LogP) is 2.48. The van der Waals surface area contributed by atoms with E-state index in [0.29, 0.717) is 18.2 Å². The Labute approximate surface area is 105 Å². The van der Waals surface area contributed by atoms with Crippen molar-refractivity contribution in [2.45, 2.75) is 20.4 Å². The van der Waals surface area contributed by atoms with Gasteiger partial charge in [0.25, 0.3) is 0 Å². The van der Waals surface area contributed by atoms with Crippen LogP contribution in [0, 0.1) is 19.7 Å². The summed E-state index contributed by atoms with van der Waals surface area (Å²) in [4.78, 5) is 0. The highest BCUT2D eigenvalue weighted by atomic mass is 19.1. The highest BCUT2D eigenvalue weighted by Crippen LogP contribution is 2.25. The molecule has 0 aliphatic rings. The van der Waals surface area contributed by atoms with Gasteiger partial charge in [-0.15, -0.1) is 5.10 Å². The zero-order chi connectivity index (χ0) is 13.1.